The molecule has 0 aliphatic carbocycles. The van der Waals surface area contributed by atoms with Crippen molar-refractivity contribution in [1.82, 2.24) is 16.0 Å². The van der Waals surface area contributed by atoms with Crippen LogP contribution in [0.3, 0.4) is 0 Å². The van der Waals surface area contributed by atoms with E-state index in [1.807, 2.05) is 0 Å². The van der Waals surface area contributed by atoms with Crippen molar-refractivity contribution in [2.45, 2.75) is 62.7 Å². The molecule has 0 fully saturated rings. The predicted molar refractivity (Wildman–Crippen MR) is 134 cm³/mol. The Hall–Kier alpha value is -4.24. The van der Waals surface area contributed by atoms with Gasteiger partial charge in [0.25, 0.3) is 0 Å². The number of nitrogens with one attached hydrogen (secondary N) is 3. The zero-order chi connectivity index (χ0) is 28.8. The molecule has 0 aliphatic heterocycles. The van der Waals surface area contributed by atoms with E-state index in [-0.39, 0.29) is 18.6 Å². The van der Waals surface area contributed by atoms with Gasteiger partial charge in [-0.1, -0.05) is 12.1 Å². The highest BCUT2D eigenvalue weighted by molar-refractivity contribution is 5.95. The number of phenolic OH excluding ortho intramolecular Hbond substituents is 1. The van der Waals surface area contributed by atoms with Gasteiger partial charge in [-0.25, -0.2) is 4.79 Å². The third kappa shape index (κ3) is 11.7. The third-order valence-corrected chi connectivity index (χ3v) is 5.37. The summed E-state index contributed by atoms with van der Waals surface area (Å²) in [6.07, 6.45) is -0.266. The number of carbonyl (C=O) groups is 6. The van der Waals surface area contributed by atoms with Crippen LogP contribution in [-0.2, 0) is 35.2 Å². The van der Waals surface area contributed by atoms with E-state index in [9.17, 15) is 39.0 Å². The number of carboxylic acids is 1. The minimum Gasteiger partial charge on any atom is -0.508 e. The molecular formula is C23H35N7O8. The zero-order valence-corrected chi connectivity index (χ0v) is 20.7. The second kappa shape index (κ2) is 15.8. The summed E-state index contributed by atoms with van der Waals surface area (Å²) in [7, 11) is 0. The summed E-state index contributed by atoms with van der Waals surface area (Å²) >= 11 is 0. The van der Waals surface area contributed by atoms with E-state index >= 15 is 0 Å². The van der Waals surface area contributed by atoms with Crippen molar-refractivity contribution >= 4 is 35.5 Å². The average Bonchev–Trinajstić information content (AvgIpc) is 2.82. The normalized spacial score (nSPS) is 13.8. The quantitative estimate of drug-likeness (QED) is 0.0891. The van der Waals surface area contributed by atoms with Gasteiger partial charge in [-0.3, -0.25) is 24.0 Å². The van der Waals surface area contributed by atoms with Crippen molar-refractivity contribution in [3.63, 3.8) is 0 Å². The van der Waals surface area contributed by atoms with Crippen molar-refractivity contribution < 1.29 is 39.0 Å². The third-order valence-electron chi connectivity index (χ3n) is 5.37. The molecule has 1 aromatic carbocycles. The second-order valence-corrected chi connectivity index (χ2v) is 8.62. The highest BCUT2D eigenvalue weighted by atomic mass is 16.4. The summed E-state index contributed by atoms with van der Waals surface area (Å²) in [5.74, 6) is -5.85. The van der Waals surface area contributed by atoms with Crippen molar-refractivity contribution in [3.05, 3.63) is 29.8 Å². The Balaban J connectivity index is 3.15. The number of hydrogen-bond acceptors (Lipinski definition) is 9. The Morgan fingerprint density at radius 3 is 1.82 bits per heavy atom. The lowest BCUT2D eigenvalue weighted by Crippen LogP contribution is -2.58. The van der Waals surface area contributed by atoms with Crippen LogP contribution in [0.5, 0.6) is 5.75 Å². The number of carbonyl (C=O) groups excluding carboxylic acids is 5. The number of hydrogen-bond donors (Lipinski definition) is 9. The zero-order valence-electron chi connectivity index (χ0n) is 20.7. The smallest absolute Gasteiger partial charge is 0.326 e. The molecule has 0 aromatic heterocycles. The molecule has 0 bridgehead atoms. The number of phenols is 1. The molecule has 15 heteroatoms. The fraction of sp³-hybridized carbons (Fsp3) is 0.478. The predicted octanol–water partition coefficient (Wildman–Crippen LogP) is -3.32. The Bertz CT molecular complexity index is 1000. The molecule has 1 aromatic rings. The Morgan fingerprint density at radius 2 is 1.29 bits per heavy atom. The Kier molecular flexibility index (Phi) is 13.2. The lowest BCUT2D eigenvalue weighted by molar-refractivity contribution is -0.143. The highest BCUT2D eigenvalue weighted by Gasteiger charge is 2.31. The maximum Gasteiger partial charge on any atom is 0.326 e. The molecule has 0 radical (unpaired) electrons. The van der Waals surface area contributed by atoms with Gasteiger partial charge >= 0.3 is 5.97 Å². The van der Waals surface area contributed by atoms with Crippen LogP contribution < -0.4 is 38.9 Å². The first-order valence-electron chi connectivity index (χ1n) is 11.8. The van der Waals surface area contributed by atoms with Gasteiger partial charge in [0.15, 0.2) is 0 Å². The largest absolute Gasteiger partial charge is 0.508 e. The van der Waals surface area contributed by atoms with Crippen LogP contribution in [0, 0.1) is 0 Å². The van der Waals surface area contributed by atoms with Gasteiger partial charge in [0.2, 0.25) is 29.5 Å². The number of carboxylic acid groups (broad SMARTS) is 1. The van der Waals surface area contributed by atoms with Gasteiger partial charge in [0.05, 0.1) is 18.9 Å². The van der Waals surface area contributed by atoms with E-state index in [4.69, 9.17) is 22.9 Å². The number of nitrogens with two attached hydrogens (primary N) is 4. The first kappa shape index (κ1) is 31.8. The molecule has 38 heavy (non-hydrogen) atoms. The van der Waals surface area contributed by atoms with E-state index in [0.29, 0.717) is 24.9 Å². The molecule has 0 unspecified atom stereocenters. The van der Waals surface area contributed by atoms with Crippen LogP contribution in [0.1, 0.15) is 37.7 Å². The minimum atomic E-state index is -1.62. The number of aliphatic carboxylic acids is 1. The lowest BCUT2D eigenvalue weighted by Gasteiger charge is -2.25. The number of benzene rings is 1. The average molecular weight is 538 g/mol. The van der Waals surface area contributed by atoms with Crippen molar-refractivity contribution in [1.29, 1.82) is 0 Å². The summed E-state index contributed by atoms with van der Waals surface area (Å²) < 4.78 is 0. The SMILES string of the molecule is NCCCC[C@H](NC(=O)[C@H](Cc1ccc(O)cc1)NC(=O)[C@@H](N)CC(N)=O)C(=O)N[C@@H](CC(N)=O)C(=O)O. The molecule has 4 atom stereocenters. The lowest BCUT2D eigenvalue weighted by atomic mass is 10.0. The van der Waals surface area contributed by atoms with Gasteiger partial charge in [-0.05, 0) is 43.5 Å². The minimum absolute atomic E-state index is 0.0251. The van der Waals surface area contributed by atoms with E-state index < -0.39 is 72.5 Å². The number of aromatic hydroxyl groups is 1. The van der Waals surface area contributed by atoms with Gasteiger partial charge in [-0.2, -0.15) is 0 Å². The Labute approximate surface area is 218 Å². The van der Waals surface area contributed by atoms with Gasteiger partial charge < -0.3 is 49.1 Å². The topological polar surface area (TPSA) is 283 Å². The van der Waals surface area contributed by atoms with Crippen molar-refractivity contribution in [2.24, 2.45) is 22.9 Å². The highest BCUT2D eigenvalue weighted by Crippen LogP contribution is 2.12. The molecule has 13 N–H and O–H groups in total. The molecule has 5 amide bonds. The fourth-order valence-corrected chi connectivity index (χ4v) is 3.37. The van der Waals surface area contributed by atoms with Gasteiger partial charge in [0.1, 0.15) is 23.9 Å². The molecule has 0 aliphatic rings. The van der Waals surface area contributed by atoms with Crippen LogP contribution >= 0.6 is 0 Å². The Morgan fingerprint density at radius 1 is 0.763 bits per heavy atom. The van der Waals surface area contributed by atoms with Gasteiger partial charge in [-0.15, -0.1) is 0 Å². The maximum absolute atomic E-state index is 13.2. The van der Waals surface area contributed by atoms with Crippen LogP contribution in [0.25, 0.3) is 0 Å². The molecule has 0 saturated carbocycles. The summed E-state index contributed by atoms with van der Waals surface area (Å²) in [5.41, 5.74) is 21.9. The summed E-state index contributed by atoms with van der Waals surface area (Å²) in [6.45, 7) is 0.305. The number of primary amides is 2. The monoisotopic (exact) mass is 537 g/mol. The molecular weight excluding hydrogens is 502 g/mol. The standard InChI is InChI=1S/C23H35N7O8/c24-8-2-1-3-15(21(35)30-17(23(37)38)11-19(27)33)28-22(36)16(9-12-4-6-13(31)7-5-12)29-20(34)14(25)10-18(26)32/h4-7,14-17,31H,1-3,8-11,24-25H2,(H2,26,32)(H2,27,33)(H,28,36)(H,29,34)(H,30,35)(H,37,38)/t14-,15-,16-,17-/m0/s1. The van der Waals surface area contributed by atoms with Crippen LogP contribution in [0.4, 0.5) is 0 Å². The van der Waals surface area contributed by atoms with E-state index in [0.717, 1.165) is 0 Å². The molecule has 0 heterocycles. The molecule has 210 valence electrons. The number of unbranched alkanes of at least 4 members (excludes halogenated alkanes) is 1. The first-order chi connectivity index (χ1) is 17.8. The first-order valence-corrected chi connectivity index (χ1v) is 11.8. The number of rotatable bonds is 17. The fourth-order valence-electron chi connectivity index (χ4n) is 3.37. The van der Waals surface area contributed by atoms with Crippen LogP contribution in [-0.4, -0.2) is 76.4 Å². The molecule has 0 saturated heterocycles. The van der Waals surface area contributed by atoms with E-state index in [1.165, 1.54) is 24.3 Å². The molecule has 0 spiro atoms. The number of amides is 5. The van der Waals surface area contributed by atoms with Crippen molar-refractivity contribution in [2.75, 3.05) is 6.54 Å². The second-order valence-electron chi connectivity index (χ2n) is 8.62. The van der Waals surface area contributed by atoms with Gasteiger partial charge in [0, 0.05) is 6.42 Å². The summed E-state index contributed by atoms with van der Waals surface area (Å²) in [5, 5.41) is 25.9. The van der Waals surface area contributed by atoms with Crippen LogP contribution in [0.2, 0.25) is 0 Å². The summed E-state index contributed by atoms with van der Waals surface area (Å²) in [6, 6.07) is 0.288. The maximum atomic E-state index is 13.2. The van der Waals surface area contributed by atoms with Crippen molar-refractivity contribution in [3.8, 4) is 5.75 Å². The molecule has 1 rings (SSSR count). The van der Waals surface area contributed by atoms with Crippen LogP contribution in [0.15, 0.2) is 24.3 Å². The van der Waals surface area contributed by atoms with E-state index in [2.05, 4.69) is 16.0 Å². The summed E-state index contributed by atoms with van der Waals surface area (Å²) in [4.78, 5) is 72.4. The molecule has 15 nitrogen and oxygen atoms in total. The van der Waals surface area contributed by atoms with E-state index in [1.54, 1.807) is 0 Å².